The molecule has 2 aromatic heterocycles. The highest BCUT2D eigenvalue weighted by atomic mass is 15.0. The molecule has 0 saturated carbocycles. The van der Waals surface area contributed by atoms with E-state index in [2.05, 4.69) is 20.3 Å². The highest BCUT2D eigenvalue weighted by Crippen LogP contribution is 2.15. The molecule has 3 N–H and O–H groups in total. The number of pyridine rings is 1. The first kappa shape index (κ1) is 11.3. The predicted octanol–water partition coefficient (Wildman–Crippen LogP) is 1.68. The fourth-order valence-corrected chi connectivity index (χ4v) is 1.39. The summed E-state index contributed by atoms with van der Waals surface area (Å²) in [5, 5.41) is 3.15. The summed E-state index contributed by atoms with van der Waals surface area (Å²) in [4.78, 5) is 12.8. The zero-order valence-electron chi connectivity index (χ0n) is 9.94. The molecular formula is C12H15N5. The first-order valence-electron chi connectivity index (χ1n) is 5.39. The van der Waals surface area contributed by atoms with Crippen LogP contribution in [0.3, 0.4) is 0 Å². The van der Waals surface area contributed by atoms with E-state index >= 15 is 0 Å². The Balaban J connectivity index is 2.07. The van der Waals surface area contributed by atoms with E-state index in [0.29, 0.717) is 18.1 Å². The quantitative estimate of drug-likeness (QED) is 0.837. The monoisotopic (exact) mass is 229 g/mol. The summed E-state index contributed by atoms with van der Waals surface area (Å²) in [6.45, 7) is 4.40. The van der Waals surface area contributed by atoms with Gasteiger partial charge < -0.3 is 11.1 Å². The molecule has 5 nitrogen and oxygen atoms in total. The molecule has 0 atom stereocenters. The summed E-state index contributed by atoms with van der Waals surface area (Å²) in [7, 11) is 0. The molecule has 0 aliphatic carbocycles. The average molecular weight is 229 g/mol. The van der Waals surface area contributed by atoms with Crippen LogP contribution < -0.4 is 11.1 Å². The SMILES string of the molecule is Cc1cnc(CNc2nc(C)ccc2N)cn1. The van der Waals surface area contributed by atoms with E-state index in [4.69, 9.17) is 5.73 Å². The Labute approximate surface area is 100 Å². The predicted molar refractivity (Wildman–Crippen MR) is 67.5 cm³/mol. The van der Waals surface area contributed by atoms with Crippen molar-refractivity contribution in [3.8, 4) is 0 Å². The van der Waals surface area contributed by atoms with Crippen LogP contribution in [0.15, 0.2) is 24.5 Å². The van der Waals surface area contributed by atoms with Crippen molar-refractivity contribution in [2.75, 3.05) is 11.1 Å². The summed E-state index contributed by atoms with van der Waals surface area (Å²) in [6.07, 6.45) is 3.48. The van der Waals surface area contributed by atoms with Gasteiger partial charge in [-0.15, -0.1) is 0 Å². The Kier molecular flexibility index (Phi) is 3.18. The molecule has 2 aromatic rings. The van der Waals surface area contributed by atoms with Crippen molar-refractivity contribution in [1.29, 1.82) is 0 Å². The van der Waals surface area contributed by atoms with Gasteiger partial charge in [0.15, 0.2) is 0 Å². The van der Waals surface area contributed by atoms with E-state index in [0.717, 1.165) is 17.1 Å². The van der Waals surface area contributed by atoms with Gasteiger partial charge in [-0.1, -0.05) is 0 Å². The molecule has 17 heavy (non-hydrogen) atoms. The Bertz CT molecular complexity index is 507. The van der Waals surface area contributed by atoms with Crippen LogP contribution in [0.1, 0.15) is 17.1 Å². The molecular weight excluding hydrogens is 214 g/mol. The molecule has 0 spiro atoms. The second-order valence-electron chi connectivity index (χ2n) is 3.89. The molecule has 0 unspecified atom stereocenters. The Morgan fingerprint density at radius 3 is 2.65 bits per heavy atom. The third kappa shape index (κ3) is 2.90. The van der Waals surface area contributed by atoms with E-state index in [1.807, 2.05) is 26.0 Å². The van der Waals surface area contributed by atoms with Crippen LogP contribution in [0.2, 0.25) is 0 Å². The normalized spacial score (nSPS) is 10.2. The van der Waals surface area contributed by atoms with Crippen LogP contribution in [0.4, 0.5) is 11.5 Å². The second-order valence-corrected chi connectivity index (χ2v) is 3.89. The Morgan fingerprint density at radius 2 is 1.94 bits per heavy atom. The van der Waals surface area contributed by atoms with Crippen molar-refractivity contribution >= 4 is 11.5 Å². The van der Waals surface area contributed by atoms with Gasteiger partial charge in [-0.3, -0.25) is 9.97 Å². The highest BCUT2D eigenvalue weighted by Gasteiger charge is 2.01. The number of anilines is 2. The minimum atomic E-state index is 0.563. The van der Waals surface area contributed by atoms with Crippen LogP contribution in [0, 0.1) is 13.8 Å². The van der Waals surface area contributed by atoms with E-state index in [9.17, 15) is 0 Å². The summed E-state index contributed by atoms with van der Waals surface area (Å²) < 4.78 is 0. The summed E-state index contributed by atoms with van der Waals surface area (Å²) >= 11 is 0. The van der Waals surface area contributed by atoms with Crippen molar-refractivity contribution in [3.63, 3.8) is 0 Å². The average Bonchev–Trinajstić information content (AvgIpc) is 2.32. The lowest BCUT2D eigenvalue weighted by atomic mass is 10.3. The molecule has 0 fully saturated rings. The van der Waals surface area contributed by atoms with Crippen LogP contribution in [0.5, 0.6) is 0 Å². The Hall–Kier alpha value is -2.17. The van der Waals surface area contributed by atoms with Crippen molar-refractivity contribution in [2.24, 2.45) is 0 Å². The van der Waals surface area contributed by atoms with Crippen molar-refractivity contribution < 1.29 is 0 Å². The van der Waals surface area contributed by atoms with Crippen molar-refractivity contribution in [1.82, 2.24) is 15.0 Å². The zero-order chi connectivity index (χ0) is 12.3. The molecule has 0 aliphatic rings. The summed E-state index contributed by atoms with van der Waals surface area (Å²) in [5.41, 5.74) is 9.14. The van der Waals surface area contributed by atoms with E-state index in [1.165, 1.54) is 0 Å². The lowest BCUT2D eigenvalue weighted by molar-refractivity contribution is 0.974. The van der Waals surface area contributed by atoms with Crippen LogP contribution in [0.25, 0.3) is 0 Å². The number of nitrogens with one attached hydrogen (secondary N) is 1. The lowest BCUT2D eigenvalue weighted by Crippen LogP contribution is -2.07. The van der Waals surface area contributed by atoms with E-state index in [1.54, 1.807) is 12.4 Å². The van der Waals surface area contributed by atoms with Gasteiger partial charge in [-0.05, 0) is 26.0 Å². The number of nitrogens with two attached hydrogens (primary N) is 1. The van der Waals surface area contributed by atoms with Crippen molar-refractivity contribution in [3.05, 3.63) is 41.6 Å². The number of hydrogen-bond acceptors (Lipinski definition) is 5. The number of aromatic nitrogens is 3. The Morgan fingerprint density at radius 1 is 1.12 bits per heavy atom. The number of rotatable bonds is 3. The fraction of sp³-hybridized carbons (Fsp3) is 0.250. The minimum Gasteiger partial charge on any atom is -0.396 e. The standard InChI is InChI=1S/C12H15N5/c1-8-3-4-11(13)12(17-8)16-7-10-6-14-9(2)5-15-10/h3-6H,7,13H2,1-2H3,(H,16,17). The number of nitrogen functional groups attached to an aromatic ring is 1. The lowest BCUT2D eigenvalue weighted by Gasteiger charge is -2.08. The van der Waals surface area contributed by atoms with Crippen LogP contribution in [-0.2, 0) is 6.54 Å². The van der Waals surface area contributed by atoms with Gasteiger partial charge in [-0.2, -0.15) is 0 Å². The van der Waals surface area contributed by atoms with Gasteiger partial charge in [0.25, 0.3) is 0 Å². The third-order valence-electron chi connectivity index (χ3n) is 2.34. The van der Waals surface area contributed by atoms with Gasteiger partial charge in [0, 0.05) is 11.9 Å². The first-order chi connectivity index (χ1) is 8.15. The fourth-order valence-electron chi connectivity index (χ4n) is 1.39. The molecule has 0 aliphatic heterocycles. The van der Waals surface area contributed by atoms with Gasteiger partial charge in [0.05, 0.1) is 29.8 Å². The van der Waals surface area contributed by atoms with Gasteiger partial charge >= 0.3 is 0 Å². The largest absolute Gasteiger partial charge is 0.396 e. The number of aryl methyl sites for hydroxylation is 2. The molecule has 0 saturated heterocycles. The van der Waals surface area contributed by atoms with Crippen LogP contribution >= 0.6 is 0 Å². The molecule has 2 rings (SSSR count). The van der Waals surface area contributed by atoms with Crippen molar-refractivity contribution in [2.45, 2.75) is 20.4 Å². The smallest absolute Gasteiger partial charge is 0.149 e. The molecule has 88 valence electrons. The molecule has 0 amide bonds. The zero-order valence-corrected chi connectivity index (χ0v) is 9.94. The van der Waals surface area contributed by atoms with E-state index < -0.39 is 0 Å². The minimum absolute atomic E-state index is 0.563. The van der Waals surface area contributed by atoms with Gasteiger partial charge in [0.1, 0.15) is 5.82 Å². The molecule has 0 radical (unpaired) electrons. The maximum Gasteiger partial charge on any atom is 0.149 e. The second kappa shape index (κ2) is 4.78. The molecule has 2 heterocycles. The van der Waals surface area contributed by atoms with Gasteiger partial charge in [-0.25, -0.2) is 4.98 Å². The van der Waals surface area contributed by atoms with Crippen LogP contribution in [-0.4, -0.2) is 15.0 Å². The number of nitrogens with zero attached hydrogens (tertiary/aromatic N) is 3. The third-order valence-corrected chi connectivity index (χ3v) is 2.34. The maximum atomic E-state index is 5.82. The summed E-state index contributed by atoms with van der Waals surface area (Å²) in [5.74, 6) is 0.687. The summed E-state index contributed by atoms with van der Waals surface area (Å²) in [6, 6.07) is 3.72. The maximum absolute atomic E-state index is 5.82. The molecule has 0 aromatic carbocycles. The topological polar surface area (TPSA) is 76.7 Å². The van der Waals surface area contributed by atoms with E-state index in [-0.39, 0.29) is 0 Å². The first-order valence-corrected chi connectivity index (χ1v) is 5.39. The molecule has 0 bridgehead atoms. The highest BCUT2D eigenvalue weighted by molar-refractivity contribution is 5.61. The molecule has 5 heteroatoms. The van der Waals surface area contributed by atoms with Gasteiger partial charge in [0.2, 0.25) is 0 Å². The number of hydrogen-bond donors (Lipinski definition) is 2.